The Labute approximate surface area is 121 Å². The van der Waals surface area contributed by atoms with E-state index in [1.807, 2.05) is 42.8 Å². The van der Waals surface area contributed by atoms with E-state index in [1.54, 1.807) is 17.7 Å². The van der Waals surface area contributed by atoms with E-state index in [0.717, 1.165) is 27.8 Å². The van der Waals surface area contributed by atoms with Gasteiger partial charge in [0.05, 0.1) is 6.54 Å². The number of benzene rings is 1. The summed E-state index contributed by atoms with van der Waals surface area (Å²) in [5, 5.41) is 14.7. The molecule has 6 heteroatoms. The van der Waals surface area contributed by atoms with Gasteiger partial charge in [-0.3, -0.25) is 0 Å². The molecule has 0 radical (unpaired) electrons. The van der Waals surface area contributed by atoms with E-state index in [4.69, 9.17) is 0 Å². The summed E-state index contributed by atoms with van der Waals surface area (Å²) in [6, 6.07) is 8.10. The van der Waals surface area contributed by atoms with Gasteiger partial charge in [0.15, 0.2) is 5.82 Å². The van der Waals surface area contributed by atoms with E-state index in [-0.39, 0.29) is 0 Å². The maximum absolute atomic E-state index is 4.46. The molecule has 0 unspecified atom stereocenters. The Bertz CT molecular complexity index is 716. The summed E-state index contributed by atoms with van der Waals surface area (Å²) < 4.78 is 1.91. The molecule has 0 bridgehead atoms. The molecule has 0 spiro atoms. The number of nitrogens with one attached hydrogen (secondary N) is 1. The van der Waals surface area contributed by atoms with Crippen LogP contribution in [0.5, 0.6) is 0 Å². The first-order valence-corrected chi connectivity index (χ1v) is 7.20. The number of para-hydroxylation sites is 1. The molecular formula is C14H15N5S. The van der Waals surface area contributed by atoms with Gasteiger partial charge in [-0.15, -0.1) is 21.5 Å². The molecule has 0 saturated carbocycles. The van der Waals surface area contributed by atoms with Crippen LogP contribution < -0.4 is 5.32 Å². The highest BCUT2D eigenvalue weighted by atomic mass is 32.1. The number of hydrogen-bond acceptors (Lipinski definition) is 5. The summed E-state index contributed by atoms with van der Waals surface area (Å²) in [5.74, 6) is 0.850. The maximum atomic E-state index is 4.46. The highest BCUT2D eigenvalue weighted by molar-refractivity contribution is 7.09. The quantitative estimate of drug-likeness (QED) is 0.801. The second-order valence-electron chi connectivity index (χ2n) is 4.55. The zero-order valence-corrected chi connectivity index (χ0v) is 12.2. The lowest BCUT2D eigenvalue weighted by atomic mass is 10.1. The van der Waals surface area contributed by atoms with E-state index in [1.165, 1.54) is 0 Å². The largest absolute Gasteiger partial charge is 0.378 e. The number of aromatic nitrogens is 4. The van der Waals surface area contributed by atoms with Gasteiger partial charge < -0.3 is 9.88 Å². The van der Waals surface area contributed by atoms with Crippen LogP contribution in [0.2, 0.25) is 0 Å². The summed E-state index contributed by atoms with van der Waals surface area (Å²) >= 11 is 1.67. The Morgan fingerprint density at radius 1 is 1.30 bits per heavy atom. The molecular weight excluding hydrogens is 270 g/mol. The van der Waals surface area contributed by atoms with Gasteiger partial charge in [-0.25, -0.2) is 4.98 Å². The SMILES string of the molecule is Cc1csc(CNc2ccccc2-c2nncn2C)n1. The third kappa shape index (κ3) is 2.55. The average Bonchev–Trinajstić information content (AvgIpc) is 3.05. The van der Waals surface area contributed by atoms with Gasteiger partial charge in [-0.1, -0.05) is 12.1 Å². The van der Waals surface area contributed by atoms with Crippen molar-refractivity contribution in [2.75, 3.05) is 5.32 Å². The molecule has 3 rings (SSSR count). The van der Waals surface area contributed by atoms with E-state index in [2.05, 4.69) is 25.9 Å². The maximum Gasteiger partial charge on any atom is 0.165 e. The predicted molar refractivity (Wildman–Crippen MR) is 80.6 cm³/mol. The number of rotatable bonds is 4. The van der Waals surface area contributed by atoms with E-state index in [0.29, 0.717) is 6.54 Å². The van der Waals surface area contributed by atoms with Gasteiger partial charge in [0.1, 0.15) is 11.3 Å². The summed E-state index contributed by atoms with van der Waals surface area (Å²) in [7, 11) is 1.94. The lowest BCUT2D eigenvalue weighted by Gasteiger charge is -2.10. The average molecular weight is 285 g/mol. The highest BCUT2D eigenvalue weighted by Crippen LogP contribution is 2.26. The molecule has 0 aliphatic heterocycles. The molecule has 0 aliphatic carbocycles. The molecule has 20 heavy (non-hydrogen) atoms. The minimum atomic E-state index is 0.716. The van der Waals surface area contributed by atoms with Crippen LogP contribution in [-0.2, 0) is 13.6 Å². The standard InChI is InChI=1S/C14H15N5S/c1-10-8-20-13(17-10)7-15-12-6-4-3-5-11(12)14-18-16-9-19(14)2/h3-6,8-9,15H,7H2,1-2H3. The molecule has 2 heterocycles. The normalized spacial score (nSPS) is 10.7. The Morgan fingerprint density at radius 3 is 2.85 bits per heavy atom. The first kappa shape index (κ1) is 12.8. The number of anilines is 1. The van der Waals surface area contributed by atoms with Crippen molar-refractivity contribution in [1.82, 2.24) is 19.7 Å². The van der Waals surface area contributed by atoms with Crippen molar-refractivity contribution in [2.45, 2.75) is 13.5 Å². The van der Waals surface area contributed by atoms with Crippen LogP contribution in [0, 0.1) is 6.92 Å². The molecule has 0 aliphatic rings. The van der Waals surface area contributed by atoms with Crippen molar-refractivity contribution in [3.63, 3.8) is 0 Å². The third-order valence-electron chi connectivity index (χ3n) is 2.98. The minimum Gasteiger partial charge on any atom is -0.378 e. The van der Waals surface area contributed by atoms with Crippen LogP contribution in [0.25, 0.3) is 11.4 Å². The molecule has 0 fully saturated rings. The van der Waals surface area contributed by atoms with Gasteiger partial charge in [-0.05, 0) is 19.1 Å². The fraction of sp³-hybridized carbons (Fsp3) is 0.214. The lowest BCUT2D eigenvalue weighted by Crippen LogP contribution is -2.02. The zero-order valence-electron chi connectivity index (χ0n) is 11.4. The van der Waals surface area contributed by atoms with Crippen molar-refractivity contribution in [3.8, 4) is 11.4 Å². The molecule has 1 aromatic carbocycles. The van der Waals surface area contributed by atoms with Crippen LogP contribution in [0.3, 0.4) is 0 Å². The summed E-state index contributed by atoms with van der Waals surface area (Å²) in [4.78, 5) is 4.46. The Kier molecular flexibility index (Phi) is 3.47. The third-order valence-corrected chi connectivity index (χ3v) is 3.94. The van der Waals surface area contributed by atoms with Crippen molar-refractivity contribution < 1.29 is 0 Å². The molecule has 0 amide bonds. The molecule has 102 valence electrons. The van der Waals surface area contributed by atoms with Crippen LogP contribution in [0.1, 0.15) is 10.7 Å². The number of aryl methyl sites for hydroxylation is 2. The zero-order chi connectivity index (χ0) is 13.9. The van der Waals surface area contributed by atoms with Crippen molar-refractivity contribution in [1.29, 1.82) is 0 Å². The van der Waals surface area contributed by atoms with Crippen molar-refractivity contribution in [3.05, 3.63) is 46.7 Å². The topological polar surface area (TPSA) is 55.6 Å². The second kappa shape index (κ2) is 5.42. The van der Waals surface area contributed by atoms with Gasteiger partial charge in [0.25, 0.3) is 0 Å². The van der Waals surface area contributed by atoms with Crippen molar-refractivity contribution in [2.24, 2.45) is 7.05 Å². The monoisotopic (exact) mass is 285 g/mol. The number of hydrogen-bond donors (Lipinski definition) is 1. The van der Waals surface area contributed by atoms with Crippen LogP contribution in [0.4, 0.5) is 5.69 Å². The van der Waals surface area contributed by atoms with Gasteiger partial charge in [0.2, 0.25) is 0 Å². The summed E-state index contributed by atoms with van der Waals surface area (Å²) in [6.07, 6.45) is 1.70. The van der Waals surface area contributed by atoms with Crippen molar-refractivity contribution >= 4 is 17.0 Å². The van der Waals surface area contributed by atoms with Crippen LogP contribution in [-0.4, -0.2) is 19.7 Å². The molecule has 0 saturated heterocycles. The molecule has 3 aromatic rings. The second-order valence-corrected chi connectivity index (χ2v) is 5.49. The van der Waals surface area contributed by atoms with E-state index < -0.39 is 0 Å². The van der Waals surface area contributed by atoms with Gasteiger partial charge >= 0.3 is 0 Å². The Morgan fingerprint density at radius 2 is 2.15 bits per heavy atom. The summed E-state index contributed by atoms with van der Waals surface area (Å²) in [5.41, 5.74) is 3.14. The fourth-order valence-electron chi connectivity index (χ4n) is 2.01. The first-order valence-electron chi connectivity index (χ1n) is 6.32. The molecule has 5 nitrogen and oxygen atoms in total. The van der Waals surface area contributed by atoms with Crippen LogP contribution >= 0.6 is 11.3 Å². The fourth-order valence-corrected chi connectivity index (χ4v) is 2.73. The Balaban J connectivity index is 1.85. The predicted octanol–water partition coefficient (Wildman–Crippen LogP) is 2.86. The molecule has 2 aromatic heterocycles. The highest BCUT2D eigenvalue weighted by Gasteiger charge is 2.09. The minimum absolute atomic E-state index is 0.716. The number of thiazole rings is 1. The van der Waals surface area contributed by atoms with Gasteiger partial charge in [-0.2, -0.15) is 0 Å². The summed E-state index contributed by atoms with van der Waals surface area (Å²) in [6.45, 7) is 2.72. The number of nitrogens with zero attached hydrogens (tertiary/aromatic N) is 4. The van der Waals surface area contributed by atoms with Crippen LogP contribution in [0.15, 0.2) is 36.0 Å². The smallest absolute Gasteiger partial charge is 0.165 e. The molecule has 1 N–H and O–H groups in total. The van der Waals surface area contributed by atoms with Gasteiger partial charge in [0, 0.05) is 29.4 Å². The molecule has 0 atom stereocenters. The Hall–Kier alpha value is -2.21. The van der Waals surface area contributed by atoms with E-state index in [9.17, 15) is 0 Å². The lowest BCUT2D eigenvalue weighted by molar-refractivity contribution is 0.919. The first-order chi connectivity index (χ1) is 9.74. The van der Waals surface area contributed by atoms with E-state index >= 15 is 0 Å².